The molecule has 4 saturated carbocycles. The molecular weight excluding hydrogens is 270 g/mol. The van der Waals surface area contributed by atoms with Gasteiger partial charge in [0.05, 0.1) is 6.54 Å². The van der Waals surface area contributed by atoms with Crippen LogP contribution in [-0.4, -0.2) is 41.2 Å². The normalized spacial score (nSPS) is 44.7. The third-order valence-corrected chi connectivity index (χ3v) is 6.17. The average molecular weight is 291 g/mol. The molecule has 0 unspecified atom stereocenters. The third-order valence-electron chi connectivity index (χ3n) is 6.17. The Bertz CT molecular complexity index is 502. The highest BCUT2D eigenvalue weighted by molar-refractivity contribution is 6.06. The van der Waals surface area contributed by atoms with Gasteiger partial charge in [0.15, 0.2) is 0 Å². The van der Waals surface area contributed by atoms with Crippen LogP contribution in [0.3, 0.4) is 0 Å². The summed E-state index contributed by atoms with van der Waals surface area (Å²) in [5.74, 6) is 0.946. The van der Waals surface area contributed by atoms with E-state index in [2.05, 4.69) is 5.32 Å². The minimum absolute atomic E-state index is 0.140. The first-order chi connectivity index (χ1) is 10.0. The Kier molecular flexibility index (Phi) is 2.70. The summed E-state index contributed by atoms with van der Waals surface area (Å²) in [5, 5.41) is 3.29. The first-order valence-corrected chi connectivity index (χ1v) is 7.88. The summed E-state index contributed by atoms with van der Waals surface area (Å²) in [6, 6.07) is 0. The number of amides is 3. The van der Waals surface area contributed by atoms with E-state index >= 15 is 0 Å². The first kappa shape index (κ1) is 13.2. The maximum atomic E-state index is 13.0. The summed E-state index contributed by atoms with van der Waals surface area (Å²) in [6.07, 6.45) is 5.60. The topological polar surface area (TPSA) is 92.5 Å². The van der Waals surface area contributed by atoms with Crippen molar-refractivity contribution in [1.29, 1.82) is 0 Å². The van der Waals surface area contributed by atoms with E-state index in [9.17, 15) is 14.4 Å². The molecule has 114 valence electrons. The number of carbonyl (C=O) groups is 3. The second kappa shape index (κ2) is 4.29. The summed E-state index contributed by atoms with van der Waals surface area (Å²) < 4.78 is 0. The number of rotatable bonds is 2. The van der Waals surface area contributed by atoms with Crippen molar-refractivity contribution in [3.05, 3.63) is 0 Å². The van der Waals surface area contributed by atoms with Gasteiger partial charge in [0.1, 0.15) is 12.1 Å². The molecule has 3 N–H and O–H groups in total. The van der Waals surface area contributed by atoms with Gasteiger partial charge in [0.2, 0.25) is 11.8 Å². The zero-order chi connectivity index (χ0) is 14.8. The second-order valence-electron chi connectivity index (χ2n) is 7.28. The maximum absolute atomic E-state index is 13.0. The molecule has 1 aliphatic heterocycles. The number of primary amides is 1. The Labute approximate surface area is 123 Å². The van der Waals surface area contributed by atoms with Crippen LogP contribution in [0.2, 0.25) is 0 Å². The largest absolute Gasteiger partial charge is 0.368 e. The van der Waals surface area contributed by atoms with E-state index < -0.39 is 11.4 Å². The predicted molar refractivity (Wildman–Crippen MR) is 73.7 cm³/mol. The fourth-order valence-electron chi connectivity index (χ4n) is 5.61. The van der Waals surface area contributed by atoms with Crippen LogP contribution in [0.15, 0.2) is 0 Å². The molecule has 5 rings (SSSR count). The van der Waals surface area contributed by atoms with Crippen LogP contribution in [0.5, 0.6) is 0 Å². The molecule has 5 aliphatic rings. The monoisotopic (exact) mass is 291 g/mol. The van der Waals surface area contributed by atoms with Crippen LogP contribution < -0.4 is 11.1 Å². The van der Waals surface area contributed by atoms with E-state index in [1.54, 1.807) is 0 Å². The zero-order valence-corrected chi connectivity index (χ0v) is 12.0. The van der Waals surface area contributed by atoms with Gasteiger partial charge in [-0.2, -0.15) is 0 Å². The lowest BCUT2D eigenvalue weighted by molar-refractivity contribution is -0.171. The average Bonchev–Trinajstić information content (AvgIpc) is 2.41. The second-order valence-corrected chi connectivity index (χ2v) is 7.28. The molecule has 0 aromatic rings. The summed E-state index contributed by atoms with van der Waals surface area (Å²) in [7, 11) is 0. The van der Waals surface area contributed by atoms with Crippen molar-refractivity contribution in [2.45, 2.75) is 37.6 Å². The van der Waals surface area contributed by atoms with Gasteiger partial charge in [-0.1, -0.05) is 0 Å². The molecule has 4 bridgehead atoms. The molecule has 21 heavy (non-hydrogen) atoms. The number of imide groups is 1. The molecule has 0 atom stereocenters. The van der Waals surface area contributed by atoms with Crippen LogP contribution in [0.4, 0.5) is 0 Å². The summed E-state index contributed by atoms with van der Waals surface area (Å²) >= 11 is 0. The van der Waals surface area contributed by atoms with Gasteiger partial charge in [-0.15, -0.1) is 0 Å². The molecule has 6 heteroatoms. The minimum Gasteiger partial charge on any atom is -0.368 e. The van der Waals surface area contributed by atoms with Crippen molar-refractivity contribution >= 4 is 17.7 Å². The van der Waals surface area contributed by atoms with Crippen molar-refractivity contribution in [1.82, 2.24) is 10.2 Å². The van der Waals surface area contributed by atoms with Crippen molar-refractivity contribution in [2.24, 2.45) is 29.4 Å². The molecule has 4 aliphatic carbocycles. The SMILES string of the molecule is NC(=O)CN1C(=O)CNC2(C1=O)C1CC3CC(C1)CC2C3. The van der Waals surface area contributed by atoms with Crippen LogP contribution in [0, 0.1) is 23.7 Å². The van der Waals surface area contributed by atoms with Crippen LogP contribution in [-0.2, 0) is 14.4 Å². The molecule has 0 aromatic carbocycles. The first-order valence-electron chi connectivity index (χ1n) is 7.88. The molecule has 0 radical (unpaired) electrons. The molecule has 6 nitrogen and oxygen atoms in total. The molecular formula is C15H21N3O3. The fourth-order valence-corrected chi connectivity index (χ4v) is 5.61. The molecule has 3 amide bonds. The van der Waals surface area contributed by atoms with Gasteiger partial charge >= 0.3 is 0 Å². The number of nitrogens with one attached hydrogen (secondary N) is 1. The van der Waals surface area contributed by atoms with Crippen LogP contribution in [0.1, 0.15) is 32.1 Å². The Morgan fingerprint density at radius 2 is 1.71 bits per heavy atom. The van der Waals surface area contributed by atoms with Crippen LogP contribution in [0.25, 0.3) is 0 Å². The maximum Gasteiger partial charge on any atom is 0.250 e. The lowest BCUT2D eigenvalue weighted by Gasteiger charge is -2.62. The fraction of sp³-hybridized carbons (Fsp3) is 0.800. The van der Waals surface area contributed by atoms with Gasteiger partial charge in [-0.25, -0.2) is 0 Å². The third kappa shape index (κ3) is 1.71. The number of piperazine rings is 1. The smallest absolute Gasteiger partial charge is 0.250 e. The Morgan fingerprint density at radius 3 is 2.24 bits per heavy atom. The van der Waals surface area contributed by atoms with Gasteiger partial charge in [-0.3, -0.25) is 24.6 Å². The summed E-state index contributed by atoms with van der Waals surface area (Å²) in [5.41, 5.74) is 4.59. The van der Waals surface area contributed by atoms with E-state index in [0.29, 0.717) is 11.8 Å². The number of hydrogen-bond donors (Lipinski definition) is 2. The summed E-state index contributed by atoms with van der Waals surface area (Å²) in [4.78, 5) is 37.3. The lowest BCUT2D eigenvalue weighted by atomic mass is 9.48. The molecule has 1 heterocycles. The molecule has 1 saturated heterocycles. The highest BCUT2D eigenvalue weighted by atomic mass is 16.2. The molecule has 0 aromatic heterocycles. The number of carbonyl (C=O) groups excluding carboxylic acids is 3. The minimum atomic E-state index is -0.627. The quantitative estimate of drug-likeness (QED) is 0.679. The predicted octanol–water partition coefficient (Wildman–Crippen LogP) is -0.375. The van der Waals surface area contributed by atoms with E-state index in [4.69, 9.17) is 5.73 Å². The Hall–Kier alpha value is -1.43. The van der Waals surface area contributed by atoms with Gasteiger partial charge in [0.25, 0.3) is 5.91 Å². The van der Waals surface area contributed by atoms with E-state index in [-0.39, 0.29) is 24.9 Å². The summed E-state index contributed by atoms with van der Waals surface area (Å²) in [6.45, 7) is -0.144. The van der Waals surface area contributed by atoms with Crippen LogP contribution >= 0.6 is 0 Å². The number of nitrogens with zero attached hydrogens (tertiary/aromatic N) is 1. The van der Waals surface area contributed by atoms with Gasteiger partial charge < -0.3 is 5.73 Å². The number of hydrogen-bond acceptors (Lipinski definition) is 4. The van der Waals surface area contributed by atoms with Crippen molar-refractivity contribution in [3.8, 4) is 0 Å². The zero-order valence-electron chi connectivity index (χ0n) is 12.0. The van der Waals surface area contributed by atoms with E-state index in [1.165, 1.54) is 6.42 Å². The lowest BCUT2D eigenvalue weighted by Crippen LogP contribution is -2.76. The Balaban J connectivity index is 1.69. The highest BCUT2D eigenvalue weighted by Gasteiger charge is 2.63. The van der Waals surface area contributed by atoms with E-state index in [0.717, 1.165) is 42.4 Å². The number of nitrogens with two attached hydrogens (primary N) is 1. The molecule has 1 spiro atoms. The van der Waals surface area contributed by atoms with Gasteiger partial charge in [-0.05, 0) is 55.8 Å². The van der Waals surface area contributed by atoms with Crippen molar-refractivity contribution in [3.63, 3.8) is 0 Å². The van der Waals surface area contributed by atoms with E-state index in [1.807, 2.05) is 0 Å². The Morgan fingerprint density at radius 1 is 1.14 bits per heavy atom. The standard InChI is InChI=1S/C15H21N3O3/c16-12(19)7-18-13(20)6-17-15(14(18)21)10-2-8-1-9(4-10)5-11(15)3-8/h8-11,17H,1-7H2,(H2,16,19). The van der Waals surface area contributed by atoms with Crippen molar-refractivity contribution < 1.29 is 14.4 Å². The van der Waals surface area contributed by atoms with Gasteiger partial charge in [0, 0.05) is 0 Å². The molecule has 5 fully saturated rings. The highest BCUT2D eigenvalue weighted by Crippen LogP contribution is 2.59. The van der Waals surface area contributed by atoms with Crippen molar-refractivity contribution in [2.75, 3.05) is 13.1 Å².